The Balaban J connectivity index is 1.78. The van der Waals surface area contributed by atoms with E-state index in [0.717, 1.165) is 12.1 Å². The number of carbonyl (C=O) groups excluding carboxylic acids is 1. The zero-order valence-corrected chi connectivity index (χ0v) is 14.8. The molecule has 0 saturated carbocycles. The predicted molar refractivity (Wildman–Crippen MR) is 91.7 cm³/mol. The van der Waals surface area contributed by atoms with Crippen LogP contribution in [0.4, 0.5) is 13.2 Å². The molecule has 0 N–H and O–H groups in total. The van der Waals surface area contributed by atoms with Gasteiger partial charge in [-0.15, -0.1) is 0 Å². The van der Waals surface area contributed by atoms with Crippen molar-refractivity contribution in [3.8, 4) is 5.69 Å². The summed E-state index contributed by atoms with van der Waals surface area (Å²) in [5, 5.41) is 4.34. The monoisotopic (exact) mass is 395 g/mol. The molecule has 0 aliphatic rings. The van der Waals surface area contributed by atoms with E-state index in [1.807, 2.05) is 0 Å². The molecule has 0 atom stereocenters. The van der Waals surface area contributed by atoms with Crippen LogP contribution in [-0.2, 0) is 17.5 Å². The molecule has 27 heavy (non-hydrogen) atoms. The highest BCUT2D eigenvalue weighted by Crippen LogP contribution is 2.30. The third-order valence-corrected chi connectivity index (χ3v) is 4.03. The number of hydrogen-bond acceptors (Lipinski definition) is 4. The van der Waals surface area contributed by atoms with Gasteiger partial charge in [-0.3, -0.25) is 0 Å². The van der Waals surface area contributed by atoms with E-state index in [4.69, 9.17) is 16.3 Å². The first-order valence-corrected chi connectivity index (χ1v) is 8.13. The first-order valence-electron chi connectivity index (χ1n) is 7.75. The zero-order valence-electron chi connectivity index (χ0n) is 14.0. The first kappa shape index (κ1) is 18.9. The van der Waals surface area contributed by atoms with Gasteiger partial charge in [0.15, 0.2) is 0 Å². The molecule has 5 nitrogen and oxygen atoms in total. The van der Waals surface area contributed by atoms with Gasteiger partial charge in [-0.1, -0.05) is 23.7 Å². The summed E-state index contributed by atoms with van der Waals surface area (Å²) in [6.07, 6.45) is -1.72. The van der Waals surface area contributed by atoms with Crippen LogP contribution in [0, 0.1) is 6.92 Å². The van der Waals surface area contributed by atoms with Gasteiger partial charge < -0.3 is 4.74 Å². The Morgan fingerprint density at radius 3 is 2.67 bits per heavy atom. The Hall–Kier alpha value is -2.87. The number of hydrogen-bond donors (Lipinski definition) is 0. The number of pyridine rings is 1. The van der Waals surface area contributed by atoms with Crippen LogP contribution in [-0.4, -0.2) is 20.7 Å². The van der Waals surface area contributed by atoms with E-state index in [2.05, 4.69) is 10.1 Å². The summed E-state index contributed by atoms with van der Waals surface area (Å²) in [4.78, 5) is 16.2. The summed E-state index contributed by atoms with van der Waals surface area (Å²) in [6, 6.07) is 7.93. The lowest BCUT2D eigenvalue weighted by Gasteiger charge is -2.10. The molecule has 0 amide bonds. The van der Waals surface area contributed by atoms with Crippen molar-refractivity contribution in [3.63, 3.8) is 0 Å². The Morgan fingerprint density at radius 2 is 2.00 bits per heavy atom. The highest BCUT2D eigenvalue weighted by atomic mass is 35.5. The third-order valence-electron chi connectivity index (χ3n) is 3.81. The van der Waals surface area contributed by atoms with Crippen LogP contribution in [0.5, 0.6) is 0 Å². The standard InChI is InChI=1S/C18H13ClF3N3O2/c1-11-15(17(26)27-10-12-5-6-16(19)23-8-12)9-24-25(11)14-4-2-3-13(7-14)18(20,21)22/h2-9H,10H2,1H3. The lowest BCUT2D eigenvalue weighted by atomic mass is 10.2. The number of nitrogens with zero attached hydrogens (tertiary/aromatic N) is 3. The molecule has 2 aromatic heterocycles. The third kappa shape index (κ3) is 4.28. The zero-order chi connectivity index (χ0) is 19.6. The van der Waals surface area contributed by atoms with Crippen LogP contribution in [0.1, 0.15) is 27.2 Å². The molecule has 0 spiro atoms. The van der Waals surface area contributed by atoms with Crippen molar-refractivity contribution < 1.29 is 22.7 Å². The van der Waals surface area contributed by atoms with Crippen LogP contribution < -0.4 is 0 Å². The molecule has 0 radical (unpaired) electrons. The quantitative estimate of drug-likeness (QED) is 0.478. The van der Waals surface area contributed by atoms with Gasteiger partial charge in [-0.05, 0) is 31.2 Å². The average molecular weight is 396 g/mol. The van der Waals surface area contributed by atoms with Crippen molar-refractivity contribution in [1.82, 2.24) is 14.8 Å². The summed E-state index contributed by atoms with van der Waals surface area (Å²) in [6.45, 7) is 1.56. The van der Waals surface area contributed by atoms with Gasteiger partial charge >= 0.3 is 12.1 Å². The van der Waals surface area contributed by atoms with Gasteiger partial charge in [0.2, 0.25) is 0 Å². The number of esters is 1. The molecule has 0 fully saturated rings. The van der Waals surface area contributed by atoms with E-state index in [1.165, 1.54) is 29.2 Å². The van der Waals surface area contributed by atoms with Crippen LogP contribution in [0.3, 0.4) is 0 Å². The van der Waals surface area contributed by atoms with Gasteiger partial charge in [0, 0.05) is 11.8 Å². The molecule has 9 heteroatoms. The van der Waals surface area contributed by atoms with Crippen molar-refractivity contribution in [1.29, 1.82) is 0 Å². The fourth-order valence-electron chi connectivity index (χ4n) is 2.40. The molecule has 140 valence electrons. The number of ether oxygens (including phenoxy) is 1. The minimum absolute atomic E-state index is 0.0167. The second-order valence-electron chi connectivity index (χ2n) is 5.67. The second-order valence-corrected chi connectivity index (χ2v) is 6.06. The topological polar surface area (TPSA) is 57.0 Å². The highest BCUT2D eigenvalue weighted by Gasteiger charge is 2.30. The molecule has 1 aromatic carbocycles. The van der Waals surface area contributed by atoms with E-state index in [-0.39, 0.29) is 17.9 Å². The van der Waals surface area contributed by atoms with Crippen molar-refractivity contribution in [3.05, 3.63) is 76.3 Å². The summed E-state index contributed by atoms with van der Waals surface area (Å²) < 4.78 is 45.1. The van der Waals surface area contributed by atoms with E-state index in [9.17, 15) is 18.0 Å². The number of rotatable bonds is 4. The molecule has 3 aromatic rings. The van der Waals surface area contributed by atoms with Crippen LogP contribution in [0.15, 0.2) is 48.8 Å². The van der Waals surface area contributed by atoms with Gasteiger partial charge in [0.05, 0.1) is 23.1 Å². The Kier molecular flexibility index (Phi) is 5.18. The Labute approximate surface area is 157 Å². The minimum atomic E-state index is -4.47. The lowest BCUT2D eigenvalue weighted by molar-refractivity contribution is -0.137. The van der Waals surface area contributed by atoms with Gasteiger partial charge in [-0.25, -0.2) is 14.5 Å². The summed E-state index contributed by atoms with van der Waals surface area (Å²) >= 11 is 5.69. The summed E-state index contributed by atoms with van der Waals surface area (Å²) in [5.74, 6) is -0.638. The van der Waals surface area contributed by atoms with Crippen LogP contribution in [0.25, 0.3) is 5.69 Å². The molecule has 0 unspecified atom stereocenters. The predicted octanol–water partition coefficient (Wildman–Crippen LogP) is 4.60. The number of alkyl halides is 3. The smallest absolute Gasteiger partial charge is 0.416 e. The fraction of sp³-hybridized carbons (Fsp3) is 0.167. The number of aromatic nitrogens is 3. The first-order chi connectivity index (χ1) is 12.8. The van der Waals surface area contributed by atoms with E-state index in [0.29, 0.717) is 16.4 Å². The number of carbonyl (C=O) groups is 1. The van der Waals surface area contributed by atoms with E-state index >= 15 is 0 Å². The lowest BCUT2D eigenvalue weighted by Crippen LogP contribution is -2.09. The fourth-order valence-corrected chi connectivity index (χ4v) is 2.51. The molecular weight excluding hydrogens is 383 g/mol. The highest BCUT2D eigenvalue weighted by molar-refractivity contribution is 6.29. The summed E-state index contributed by atoms with van der Waals surface area (Å²) in [7, 11) is 0. The second kappa shape index (κ2) is 7.40. The summed E-state index contributed by atoms with van der Waals surface area (Å²) in [5.41, 5.74) is 0.580. The average Bonchev–Trinajstić information content (AvgIpc) is 3.02. The molecule has 0 bridgehead atoms. The SMILES string of the molecule is Cc1c(C(=O)OCc2ccc(Cl)nc2)cnn1-c1cccc(C(F)(F)F)c1. The van der Waals surface area contributed by atoms with Crippen molar-refractivity contribution in [2.24, 2.45) is 0 Å². The van der Waals surface area contributed by atoms with Crippen LogP contribution >= 0.6 is 11.6 Å². The molecule has 0 aliphatic carbocycles. The minimum Gasteiger partial charge on any atom is -0.457 e. The van der Waals surface area contributed by atoms with Crippen molar-refractivity contribution in [2.75, 3.05) is 0 Å². The van der Waals surface area contributed by atoms with Crippen molar-refractivity contribution >= 4 is 17.6 Å². The van der Waals surface area contributed by atoms with Crippen molar-refractivity contribution in [2.45, 2.75) is 19.7 Å². The van der Waals surface area contributed by atoms with Crippen LogP contribution in [0.2, 0.25) is 5.15 Å². The van der Waals surface area contributed by atoms with E-state index in [1.54, 1.807) is 19.1 Å². The largest absolute Gasteiger partial charge is 0.457 e. The molecule has 0 saturated heterocycles. The van der Waals surface area contributed by atoms with Gasteiger partial charge in [0.1, 0.15) is 17.3 Å². The maximum atomic E-state index is 12.9. The van der Waals surface area contributed by atoms with E-state index < -0.39 is 17.7 Å². The molecular formula is C18H13ClF3N3O2. The Bertz CT molecular complexity index is 969. The normalized spacial score (nSPS) is 11.4. The Morgan fingerprint density at radius 1 is 1.22 bits per heavy atom. The molecule has 2 heterocycles. The molecule has 3 rings (SSSR count). The van der Waals surface area contributed by atoms with Gasteiger partial charge in [0.25, 0.3) is 0 Å². The maximum Gasteiger partial charge on any atom is 0.416 e. The number of halogens is 4. The molecule has 0 aliphatic heterocycles. The number of benzene rings is 1. The van der Waals surface area contributed by atoms with Gasteiger partial charge in [-0.2, -0.15) is 18.3 Å². The maximum absolute atomic E-state index is 12.9.